The topological polar surface area (TPSA) is 105 Å². The number of hydrogen-bond acceptors (Lipinski definition) is 6. The molecular weight excluding hydrogens is 430 g/mol. The van der Waals surface area contributed by atoms with Gasteiger partial charge in [-0.3, -0.25) is 9.59 Å². The van der Waals surface area contributed by atoms with E-state index in [9.17, 15) is 9.59 Å². The number of benzene rings is 1. The molecule has 0 spiro atoms. The second-order valence-corrected chi connectivity index (χ2v) is 8.62. The number of hydrogen-bond donors (Lipinski definition) is 2. The van der Waals surface area contributed by atoms with Crippen molar-refractivity contribution < 1.29 is 14.0 Å². The first-order chi connectivity index (χ1) is 15.3. The molecule has 0 unspecified atom stereocenters. The van der Waals surface area contributed by atoms with E-state index in [1.54, 1.807) is 54.4 Å². The molecule has 8 nitrogen and oxygen atoms in total. The van der Waals surface area contributed by atoms with Crippen molar-refractivity contribution >= 4 is 51.6 Å². The van der Waals surface area contributed by atoms with E-state index in [0.29, 0.717) is 33.2 Å². The Hall–Kier alpha value is -3.10. The number of nitrogens with two attached hydrogens (primary N) is 1. The van der Waals surface area contributed by atoms with Gasteiger partial charge in [-0.1, -0.05) is 30.9 Å². The lowest BCUT2D eigenvalue weighted by Crippen LogP contribution is -2.46. The van der Waals surface area contributed by atoms with Crippen molar-refractivity contribution in [1.82, 2.24) is 9.99 Å². The van der Waals surface area contributed by atoms with Gasteiger partial charge in [-0.15, -0.1) is 0 Å². The average molecular weight is 456 g/mol. The highest BCUT2D eigenvalue weighted by Gasteiger charge is 2.32. The lowest BCUT2D eigenvalue weighted by molar-refractivity contribution is -0.125. The van der Waals surface area contributed by atoms with E-state index in [4.69, 9.17) is 21.8 Å². The molecule has 0 saturated heterocycles. The fraction of sp³-hybridized carbons (Fsp3) is 0.348. The van der Waals surface area contributed by atoms with Crippen LogP contribution >= 0.6 is 11.6 Å². The zero-order chi connectivity index (χ0) is 22.8. The predicted molar refractivity (Wildman–Crippen MR) is 126 cm³/mol. The summed E-state index contributed by atoms with van der Waals surface area (Å²) in [5.74, 6) is -0.0962. The fourth-order valence-corrected chi connectivity index (χ4v) is 4.20. The number of aromatic nitrogens is 1. The SMILES string of the molecule is CN(C)N(C(=O)C1CCCCC1)c1c(N)ccc2cc(C(=O)Nc3ccc(Cl)cn3)oc12. The summed E-state index contributed by atoms with van der Waals surface area (Å²) in [6.45, 7) is 0. The van der Waals surface area contributed by atoms with E-state index in [-0.39, 0.29) is 17.6 Å². The van der Waals surface area contributed by atoms with Gasteiger partial charge in [0, 0.05) is 31.6 Å². The van der Waals surface area contributed by atoms with Crippen LogP contribution < -0.4 is 16.1 Å². The molecule has 9 heteroatoms. The van der Waals surface area contributed by atoms with Gasteiger partial charge >= 0.3 is 0 Å². The summed E-state index contributed by atoms with van der Waals surface area (Å²) in [7, 11) is 3.59. The van der Waals surface area contributed by atoms with Crippen molar-refractivity contribution in [2.24, 2.45) is 5.92 Å². The second kappa shape index (κ2) is 9.18. The summed E-state index contributed by atoms with van der Waals surface area (Å²) < 4.78 is 5.94. The maximum atomic E-state index is 13.4. The van der Waals surface area contributed by atoms with E-state index in [1.165, 1.54) is 6.20 Å². The quantitative estimate of drug-likeness (QED) is 0.426. The minimum Gasteiger partial charge on any atom is -0.449 e. The van der Waals surface area contributed by atoms with Crippen LogP contribution in [0.15, 0.2) is 40.9 Å². The molecule has 4 rings (SSSR count). The van der Waals surface area contributed by atoms with E-state index >= 15 is 0 Å². The van der Waals surface area contributed by atoms with E-state index in [0.717, 1.165) is 32.1 Å². The average Bonchev–Trinajstić information content (AvgIpc) is 3.22. The van der Waals surface area contributed by atoms with Crippen LogP contribution in [0.2, 0.25) is 5.02 Å². The summed E-state index contributed by atoms with van der Waals surface area (Å²) in [5, 5.41) is 7.11. The third-order valence-corrected chi connectivity index (χ3v) is 5.88. The fourth-order valence-electron chi connectivity index (χ4n) is 4.09. The normalized spacial score (nSPS) is 14.6. The molecule has 32 heavy (non-hydrogen) atoms. The zero-order valence-electron chi connectivity index (χ0n) is 18.1. The van der Waals surface area contributed by atoms with Gasteiger partial charge in [0.25, 0.3) is 5.91 Å². The molecular formula is C23H26ClN5O3. The Bertz CT molecular complexity index is 1140. The lowest BCUT2D eigenvalue weighted by atomic mass is 9.88. The Labute approximate surface area is 191 Å². The number of carbonyl (C=O) groups is 2. The minimum absolute atomic E-state index is 0.0123. The van der Waals surface area contributed by atoms with Gasteiger partial charge in [0.05, 0.1) is 10.7 Å². The Balaban J connectivity index is 1.70. The minimum atomic E-state index is -0.462. The maximum absolute atomic E-state index is 13.4. The van der Waals surface area contributed by atoms with Crippen LogP contribution in [0.1, 0.15) is 42.7 Å². The summed E-state index contributed by atoms with van der Waals surface area (Å²) in [6.07, 6.45) is 6.41. The number of nitrogens with zero attached hydrogens (tertiary/aromatic N) is 3. The first kappa shape index (κ1) is 22.1. The lowest BCUT2D eigenvalue weighted by Gasteiger charge is -2.34. The molecule has 0 aliphatic heterocycles. The number of nitrogen functional groups attached to an aromatic ring is 1. The van der Waals surface area contributed by atoms with Crippen molar-refractivity contribution in [2.45, 2.75) is 32.1 Å². The van der Waals surface area contributed by atoms with Crippen LogP contribution in [0.3, 0.4) is 0 Å². The Morgan fingerprint density at radius 2 is 1.91 bits per heavy atom. The van der Waals surface area contributed by atoms with E-state index in [1.807, 2.05) is 0 Å². The van der Waals surface area contributed by atoms with Crippen LogP contribution in [-0.4, -0.2) is 35.9 Å². The van der Waals surface area contributed by atoms with Crippen molar-refractivity contribution in [3.05, 3.63) is 47.3 Å². The molecule has 1 saturated carbocycles. The highest BCUT2D eigenvalue weighted by atomic mass is 35.5. The number of nitrogens with one attached hydrogen (secondary N) is 1. The molecule has 0 radical (unpaired) electrons. The standard InChI is InChI=1S/C23H26ClN5O3/c1-28(2)29(23(31)14-6-4-3-5-7-14)20-17(25)10-8-15-12-18(32-21(15)20)22(30)27-19-11-9-16(24)13-26-19/h8-14H,3-7,25H2,1-2H3,(H,26,27,30). The number of halogens is 1. The largest absolute Gasteiger partial charge is 0.449 e. The first-order valence-corrected chi connectivity index (χ1v) is 11.0. The predicted octanol–water partition coefficient (Wildman–Crippen LogP) is 4.71. The van der Waals surface area contributed by atoms with Crippen LogP contribution in [-0.2, 0) is 4.79 Å². The van der Waals surface area contributed by atoms with Crippen molar-refractivity contribution in [3.8, 4) is 0 Å². The summed E-state index contributed by atoms with van der Waals surface area (Å²) >= 11 is 5.85. The molecule has 1 aliphatic rings. The highest BCUT2D eigenvalue weighted by Crippen LogP contribution is 2.37. The number of amides is 2. The van der Waals surface area contributed by atoms with Crippen LogP contribution in [0, 0.1) is 5.92 Å². The third-order valence-electron chi connectivity index (χ3n) is 5.66. The van der Waals surface area contributed by atoms with E-state index in [2.05, 4.69) is 10.3 Å². The van der Waals surface area contributed by atoms with Crippen LogP contribution in [0.25, 0.3) is 11.0 Å². The Kier molecular flexibility index (Phi) is 6.34. The number of furan rings is 1. The molecule has 1 fully saturated rings. The van der Waals surface area contributed by atoms with Gasteiger partial charge < -0.3 is 15.5 Å². The van der Waals surface area contributed by atoms with Crippen LogP contribution in [0.4, 0.5) is 17.2 Å². The van der Waals surface area contributed by atoms with Gasteiger partial charge in [-0.05, 0) is 43.2 Å². The van der Waals surface area contributed by atoms with E-state index < -0.39 is 5.91 Å². The number of carbonyl (C=O) groups excluding carboxylic acids is 2. The Morgan fingerprint density at radius 3 is 2.56 bits per heavy atom. The highest BCUT2D eigenvalue weighted by molar-refractivity contribution is 6.30. The molecule has 2 aromatic heterocycles. The van der Waals surface area contributed by atoms with Gasteiger partial charge in [-0.25, -0.2) is 15.0 Å². The second-order valence-electron chi connectivity index (χ2n) is 8.18. The van der Waals surface area contributed by atoms with Crippen molar-refractivity contribution in [2.75, 3.05) is 30.2 Å². The monoisotopic (exact) mass is 455 g/mol. The smallest absolute Gasteiger partial charge is 0.292 e. The Morgan fingerprint density at radius 1 is 1.16 bits per heavy atom. The van der Waals surface area contributed by atoms with Gasteiger partial charge in [0.15, 0.2) is 11.3 Å². The molecule has 168 valence electrons. The van der Waals surface area contributed by atoms with Crippen LogP contribution in [0.5, 0.6) is 0 Å². The maximum Gasteiger partial charge on any atom is 0.292 e. The number of anilines is 3. The van der Waals surface area contributed by atoms with Crippen molar-refractivity contribution in [1.29, 1.82) is 0 Å². The molecule has 0 bridgehead atoms. The third kappa shape index (κ3) is 4.42. The number of pyridine rings is 1. The zero-order valence-corrected chi connectivity index (χ0v) is 18.9. The van der Waals surface area contributed by atoms with Gasteiger partial charge in [0.1, 0.15) is 11.5 Å². The molecule has 1 aromatic carbocycles. The number of rotatable bonds is 5. The number of fused-ring (bicyclic) bond motifs is 1. The molecule has 0 atom stereocenters. The molecule has 3 aromatic rings. The summed E-state index contributed by atoms with van der Waals surface area (Å²) in [6, 6.07) is 8.35. The van der Waals surface area contributed by atoms with Crippen molar-refractivity contribution in [3.63, 3.8) is 0 Å². The summed E-state index contributed by atoms with van der Waals surface area (Å²) in [4.78, 5) is 30.3. The first-order valence-electron chi connectivity index (χ1n) is 10.6. The van der Waals surface area contributed by atoms with Gasteiger partial charge in [-0.2, -0.15) is 0 Å². The molecule has 3 N–H and O–H groups in total. The molecule has 2 heterocycles. The summed E-state index contributed by atoms with van der Waals surface area (Å²) in [5.41, 5.74) is 7.55. The number of hydrazine groups is 1. The molecule has 1 aliphatic carbocycles. The van der Waals surface area contributed by atoms with Gasteiger partial charge in [0.2, 0.25) is 5.91 Å². The molecule has 2 amide bonds.